The van der Waals surface area contributed by atoms with Crippen molar-refractivity contribution in [2.45, 2.75) is 39.0 Å². The van der Waals surface area contributed by atoms with Crippen molar-refractivity contribution in [3.8, 4) is 0 Å². The van der Waals surface area contributed by atoms with Crippen LogP contribution < -0.4 is 5.32 Å². The molecule has 1 fully saturated rings. The molecule has 6 heteroatoms. The molecule has 2 rings (SSSR count). The number of carbonyl (C=O) groups excluding carboxylic acids is 1. The Morgan fingerprint density at radius 2 is 1.95 bits per heavy atom. The summed E-state index contributed by atoms with van der Waals surface area (Å²) in [7, 11) is 0. The lowest BCUT2D eigenvalue weighted by molar-refractivity contribution is -0.126. The molecule has 1 N–H and O–H groups in total. The summed E-state index contributed by atoms with van der Waals surface area (Å²) in [6, 6.07) is 2.67. The molecule has 0 aliphatic carbocycles. The molecule has 1 saturated heterocycles. The molecule has 0 radical (unpaired) electrons. The summed E-state index contributed by atoms with van der Waals surface area (Å²) < 4.78 is 32.0. The van der Waals surface area contributed by atoms with Crippen LogP contribution in [0.25, 0.3) is 0 Å². The first-order valence-electron chi connectivity index (χ1n) is 7.02. The van der Waals surface area contributed by atoms with E-state index in [1.807, 2.05) is 18.7 Å². The van der Waals surface area contributed by atoms with Crippen molar-refractivity contribution in [3.05, 3.63) is 29.8 Å². The molecule has 1 heterocycles. The number of hydrogen-bond acceptors (Lipinski definition) is 3. The van der Waals surface area contributed by atoms with Crippen LogP contribution in [0.5, 0.6) is 0 Å². The number of amides is 1. The molecule has 4 nitrogen and oxygen atoms in total. The van der Waals surface area contributed by atoms with Gasteiger partial charge in [0.15, 0.2) is 0 Å². The summed E-state index contributed by atoms with van der Waals surface area (Å²) in [5.41, 5.74) is -0.0115. The van der Waals surface area contributed by atoms with Gasteiger partial charge in [-0.1, -0.05) is 0 Å². The maximum absolute atomic E-state index is 13.6. The van der Waals surface area contributed by atoms with Gasteiger partial charge in [0.2, 0.25) is 5.91 Å². The van der Waals surface area contributed by atoms with Crippen LogP contribution in [0, 0.1) is 11.6 Å². The number of anilines is 1. The highest BCUT2D eigenvalue weighted by atomic mass is 19.1. The highest BCUT2D eigenvalue weighted by Gasteiger charge is 2.29. The van der Waals surface area contributed by atoms with Crippen LogP contribution in [0.15, 0.2) is 18.2 Å². The van der Waals surface area contributed by atoms with E-state index in [1.165, 1.54) is 6.07 Å². The van der Waals surface area contributed by atoms with Crippen LogP contribution in [0.2, 0.25) is 0 Å². The van der Waals surface area contributed by atoms with E-state index in [0.717, 1.165) is 12.1 Å². The average molecular weight is 298 g/mol. The first kappa shape index (κ1) is 15.9. The van der Waals surface area contributed by atoms with Gasteiger partial charge in [0.25, 0.3) is 0 Å². The third-order valence-corrected chi connectivity index (χ3v) is 3.56. The largest absolute Gasteiger partial charge is 0.373 e. The lowest BCUT2D eigenvalue weighted by Crippen LogP contribution is -2.52. The zero-order valence-electron chi connectivity index (χ0n) is 12.4. The first-order chi connectivity index (χ1) is 9.86. The Labute approximate surface area is 123 Å². The SMILES string of the molecule is C[C@@H]1CN([C@H](C)C(=O)Nc2ccc(F)cc2F)C[C@H](C)O1. The van der Waals surface area contributed by atoms with E-state index in [2.05, 4.69) is 5.32 Å². The number of rotatable bonds is 3. The van der Waals surface area contributed by atoms with Gasteiger partial charge in [-0.2, -0.15) is 0 Å². The van der Waals surface area contributed by atoms with E-state index in [4.69, 9.17) is 4.74 Å². The van der Waals surface area contributed by atoms with Gasteiger partial charge < -0.3 is 10.1 Å². The van der Waals surface area contributed by atoms with Crippen LogP contribution in [-0.4, -0.2) is 42.1 Å². The number of morpholine rings is 1. The monoisotopic (exact) mass is 298 g/mol. The molecule has 116 valence electrons. The molecule has 0 bridgehead atoms. The Morgan fingerprint density at radius 1 is 1.33 bits per heavy atom. The first-order valence-corrected chi connectivity index (χ1v) is 7.02. The number of benzene rings is 1. The molecule has 0 aromatic heterocycles. The van der Waals surface area contributed by atoms with E-state index < -0.39 is 17.7 Å². The van der Waals surface area contributed by atoms with Gasteiger partial charge >= 0.3 is 0 Å². The van der Waals surface area contributed by atoms with Crippen molar-refractivity contribution in [1.29, 1.82) is 0 Å². The number of ether oxygens (including phenoxy) is 1. The van der Waals surface area contributed by atoms with Gasteiger partial charge in [0, 0.05) is 19.2 Å². The van der Waals surface area contributed by atoms with Crippen molar-refractivity contribution < 1.29 is 18.3 Å². The minimum atomic E-state index is -0.778. The highest BCUT2D eigenvalue weighted by Crippen LogP contribution is 2.18. The van der Waals surface area contributed by atoms with Gasteiger partial charge in [-0.15, -0.1) is 0 Å². The standard InChI is InChI=1S/C15H20F2N2O2/c1-9-7-19(8-10(2)21-9)11(3)15(20)18-14-5-4-12(16)6-13(14)17/h4-6,9-11H,7-8H2,1-3H3,(H,18,20)/t9-,10+,11-/m1/s1. The van der Waals surface area contributed by atoms with Crippen molar-refractivity contribution in [1.82, 2.24) is 4.90 Å². The summed E-state index contributed by atoms with van der Waals surface area (Å²) in [6.45, 7) is 6.96. The zero-order chi connectivity index (χ0) is 15.6. The van der Waals surface area contributed by atoms with Gasteiger partial charge in [-0.3, -0.25) is 9.69 Å². The Balaban J connectivity index is 2.02. The second kappa shape index (κ2) is 6.49. The summed E-state index contributed by atoms with van der Waals surface area (Å²) in [5, 5.41) is 2.50. The molecular formula is C15H20F2N2O2. The normalized spacial score (nSPS) is 24.6. The molecular weight excluding hydrogens is 278 g/mol. The molecule has 1 aliphatic heterocycles. The van der Waals surface area contributed by atoms with Crippen molar-refractivity contribution in [2.24, 2.45) is 0 Å². The minimum Gasteiger partial charge on any atom is -0.373 e. The van der Waals surface area contributed by atoms with Crippen LogP contribution in [0.3, 0.4) is 0 Å². The summed E-state index contributed by atoms with van der Waals surface area (Å²) >= 11 is 0. The number of nitrogens with zero attached hydrogens (tertiary/aromatic N) is 1. The Morgan fingerprint density at radius 3 is 2.52 bits per heavy atom. The molecule has 1 aliphatic rings. The Kier molecular flexibility index (Phi) is 4.90. The zero-order valence-corrected chi connectivity index (χ0v) is 12.4. The maximum atomic E-state index is 13.6. The highest BCUT2D eigenvalue weighted by molar-refractivity contribution is 5.94. The van der Waals surface area contributed by atoms with Gasteiger partial charge in [-0.05, 0) is 32.9 Å². The van der Waals surface area contributed by atoms with Crippen LogP contribution >= 0.6 is 0 Å². The smallest absolute Gasteiger partial charge is 0.241 e. The fourth-order valence-electron chi connectivity index (χ4n) is 2.53. The molecule has 1 amide bonds. The fraction of sp³-hybridized carbons (Fsp3) is 0.533. The average Bonchev–Trinajstić information content (AvgIpc) is 2.40. The third kappa shape index (κ3) is 3.98. The fourth-order valence-corrected chi connectivity index (χ4v) is 2.53. The minimum absolute atomic E-state index is 0.0115. The van der Waals surface area contributed by atoms with Crippen molar-refractivity contribution in [3.63, 3.8) is 0 Å². The van der Waals surface area contributed by atoms with Gasteiger partial charge in [0.1, 0.15) is 11.6 Å². The molecule has 0 unspecified atom stereocenters. The summed E-state index contributed by atoms with van der Waals surface area (Å²) in [4.78, 5) is 14.2. The second-order valence-electron chi connectivity index (χ2n) is 5.50. The summed E-state index contributed by atoms with van der Waals surface area (Å²) in [5.74, 6) is -1.77. The van der Waals surface area contributed by atoms with Crippen LogP contribution in [0.4, 0.5) is 14.5 Å². The van der Waals surface area contributed by atoms with Gasteiger partial charge in [-0.25, -0.2) is 8.78 Å². The topological polar surface area (TPSA) is 41.6 Å². The maximum Gasteiger partial charge on any atom is 0.241 e. The van der Waals surface area contributed by atoms with E-state index in [1.54, 1.807) is 6.92 Å². The molecule has 1 aromatic carbocycles. The van der Waals surface area contributed by atoms with E-state index in [9.17, 15) is 13.6 Å². The predicted octanol–water partition coefficient (Wildman–Crippen LogP) is 2.40. The number of carbonyl (C=O) groups is 1. The number of halogens is 2. The second-order valence-corrected chi connectivity index (χ2v) is 5.50. The van der Waals surface area contributed by atoms with Gasteiger partial charge in [0.05, 0.1) is 23.9 Å². The van der Waals surface area contributed by atoms with Crippen molar-refractivity contribution >= 4 is 11.6 Å². The van der Waals surface area contributed by atoms with Crippen molar-refractivity contribution in [2.75, 3.05) is 18.4 Å². The lowest BCUT2D eigenvalue weighted by atomic mass is 10.1. The van der Waals surface area contributed by atoms with Crippen LogP contribution in [-0.2, 0) is 9.53 Å². The van der Waals surface area contributed by atoms with E-state index >= 15 is 0 Å². The Hall–Kier alpha value is -1.53. The van der Waals surface area contributed by atoms with Crippen LogP contribution in [0.1, 0.15) is 20.8 Å². The summed E-state index contributed by atoms with van der Waals surface area (Å²) in [6.07, 6.45) is 0.0955. The molecule has 0 saturated carbocycles. The molecule has 0 spiro atoms. The van der Waals surface area contributed by atoms with E-state index in [0.29, 0.717) is 13.1 Å². The molecule has 21 heavy (non-hydrogen) atoms. The quantitative estimate of drug-likeness (QED) is 0.931. The lowest BCUT2D eigenvalue weighted by Gasteiger charge is -2.38. The number of hydrogen-bond donors (Lipinski definition) is 1. The Bertz CT molecular complexity index is 514. The predicted molar refractivity (Wildman–Crippen MR) is 76.0 cm³/mol. The molecule has 1 aromatic rings. The third-order valence-electron chi connectivity index (χ3n) is 3.56. The number of nitrogens with one attached hydrogen (secondary N) is 1. The molecule has 3 atom stereocenters. The van der Waals surface area contributed by atoms with E-state index in [-0.39, 0.29) is 23.8 Å².